The van der Waals surface area contributed by atoms with Crippen molar-refractivity contribution in [2.75, 3.05) is 18.0 Å². The number of amides is 1. The largest absolute Gasteiger partial charge is 0.490 e. The van der Waals surface area contributed by atoms with Crippen LogP contribution >= 0.6 is 0 Å². The van der Waals surface area contributed by atoms with Gasteiger partial charge in [-0.05, 0) is 49.4 Å². The maximum atomic E-state index is 12.9. The van der Waals surface area contributed by atoms with Crippen LogP contribution in [0.5, 0.6) is 0 Å². The van der Waals surface area contributed by atoms with Crippen LogP contribution < -0.4 is 10.2 Å². The third-order valence-corrected chi connectivity index (χ3v) is 5.45. The number of carbonyl (C=O) groups is 3. The zero-order valence-electron chi connectivity index (χ0n) is 20.5. The van der Waals surface area contributed by atoms with Crippen LogP contribution in [0, 0.1) is 0 Å². The van der Waals surface area contributed by atoms with E-state index in [1.54, 1.807) is 30.6 Å². The van der Waals surface area contributed by atoms with Crippen molar-refractivity contribution in [3.63, 3.8) is 0 Å². The summed E-state index contributed by atoms with van der Waals surface area (Å²) in [5.41, 5.74) is 3.54. The molecular weight excluding hydrogens is 519 g/mol. The van der Waals surface area contributed by atoms with Gasteiger partial charge in [-0.15, -0.1) is 0 Å². The van der Waals surface area contributed by atoms with Gasteiger partial charge in [0, 0.05) is 42.3 Å². The summed E-state index contributed by atoms with van der Waals surface area (Å²) in [4.78, 5) is 47.3. The number of H-pyrrole nitrogens is 1. The first kappa shape index (κ1) is 28.6. The van der Waals surface area contributed by atoms with Crippen molar-refractivity contribution in [1.29, 1.82) is 0 Å². The number of benzene rings is 2. The number of para-hydroxylation sites is 1. The molecule has 4 N–H and O–H groups in total. The number of carbonyl (C=O) groups excluding carboxylic acids is 1. The number of hydrogen-bond donors (Lipinski definition) is 4. The molecule has 0 fully saturated rings. The highest BCUT2D eigenvalue weighted by molar-refractivity contribution is 5.99. The molecule has 204 valence electrons. The molecule has 13 heteroatoms. The molecule has 4 rings (SSSR count). The number of alkyl halides is 3. The van der Waals surface area contributed by atoms with Gasteiger partial charge in [-0.3, -0.25) is 9.78 Å². The van der Waals surface area contributed by atoms with Gasteiger partial charge >= 0.3 is 18.1 Å². The Labute approximate surface area is 220 Å². The van der Waals surface area contributed by atoms with Crippen LogP contribution in [0.1, 0.15) is 17.3 Å². The number of likely N-dealkylation sites (N-methyl/N-ethyl adjacent to an activating group) is 1. The van der Waals surface area contributed by atoms with E-state index in [0.717, 1.165) is 11.3 Å². The Balaban J connectivity index is 0.000000532. The second-order valence-electron chi connectivity index (χ2n) is 8.09. The summed E-state index contributed by atoms with van der Waals surface area (Å²) in [6.45, 7) is 2.71. The molecule has 0 saturated carbocycles. The Bertz CT molecular complexity index is 1430. The SMILES string of the molecule is CCN(CC(NC(=O)c1ccc2nc(-c3ccncc3)[nH]c2c1)C(=O)O)c1ccccc1.O=C(O)C(F)(F)F. The van der Waals surface area contributed by atoms with E-state index in [9.17, 15) is 27.9 Å². The van der Waals surface area contributed by atoms with Crippen LogP contribution in [-0.2, 0) is 9.59 Å². The molecule has 1 unspecified atom stereocenters. The number of imidazole rings is 1. The first-order valence-electron chi connectivity index (χ1n) is 11.5. The van der Waals surface area contributed by atoms with Crippen molar-refractivity contribution < 1.29 is 37.8 Å². The highest BCUT2D eigenvalue weighted by atomic mass is 19.4. The fourth-order valence-electron chi connectivity index (χ4n) is 3.50. The van der Waals surface area contributed by atoms with E-state index in [1.807, 2.05) is 54.3 Å². The van der Waals surface area contributed by atoms with Gasteiger partial charge in [0.1, 0.15) is 11.9 Å². The van der Waals surface area contributed by atoms with E-state index < -0.39 is 30.1 Å². The molecule has 10 nitrogen and oxygen atoms in total. The maximum Gasteiger partial charge on any atom is 0.490 e. The number of anilines is 1. The molecule has 0 aliphatic heterocycles. The van der Waals surface area contributed by atoms with Crippen molar-refractivity contribution in [3.05, 3.63) is 78.6 Å². The normalized spacial score (nSPS) is 11.7. The minimum Gasteiger partial charge on any atom is -0.480 e. The number of rotatable bonds is 8. The molecular formula is C26H24F3N5O5. The van der Waals surface area contributed by atoms with Gasteiger partial charge in [0.15, 0.2) is 0 Å². The number of halogens is 3. The number of aromatic nitrogens is 3. The minimum atomic E-state index is -5.08. The number of hydrogen-bond acceptors (Lipinski definition) is 6. The molecule has 0 spiro atoms. The first-order valence-corrected chi connectivity index (χ1v) is 11.5. The van der Waals surface area contributed by atoms with Gasteiger partial charge in [0.05, 0.1) is 11.0 Å². The van der Waals surface area contributed by atoms with Crippen molar-refractivity contribution in [2.45, 2.75) is 19.1 Å². The van der Waals surface area contributed by atoms with Crippen LogP contribution in [0.4, 0.5) is 18.9 Å². The Morgan fingerprint density at radius 3 is 2.23 bits per heavy atom. The number of aliphatic carboxylic acids is 2. The van der Waals surface area contributed by atoms with E-state index in [1.165, 1.54) is 0 Å². The van der Waals surface area contributed by atoms with Crippen LogP contribution in [0.25, 0.3) is 22.4 Å². The van der Waals surface area contributed by atoms with Crippen molar-refractivity contribution in [2.24, 2.45) is 0 Å². The van der Waals surface area contributed by atoms with E-state index in [0.29, 0.717) is 29.0 Å². The molecule has 0 saturated heterocycles. The van der Waals surface area contributed by atoms with E-state index >= 15 is 0 Å². The molecule has 2 aromatic heterocycles. The Kier molecular flexibility index (Phi) is 9.20. The number of carboxylic acids is 2. The lowest BCUT2D eigenvalue weighted by atomic mass is 10.1. The topological polar surface area (TPSA) is 149 Å². The summed E-state index contributed by atoms with van der Waals surface area (Å²) in [7, 11) is 0. The average molecular weight is 544 g/mol. The number of carboxylic acid groups (broad SMARTS) is 2. The van der Waals surface area contributed by atoms with Gasteiger partial charge < -0.3 is 25.4 Å². The van der Waals surface area contributed by atoms with Crippen molar-refractivity contribution >= 4 is 34.6 Å². The smallest absolute Gasteiger partial charge is 0.480 e. The first-order chi connectivity index (χ1) is 18.5. The molecule has 1 amide bonds. The van der Waals surface area contributed by atoms with Crippen molar-refractivity contribution in [1.82, 2.24) is 20.3 Å². The van der Waals surface area contributed by atoms with Crippen LogP contribution in [0.15, 0.2) is 73.1 Å². The fraction of sp³-hybridized carbons (Fsp3) is 0.192. The zero-order valence-corrected chi connectivity index (χ0v) is 20.5. The Hall–Kier alpha value is -4.94. The van der Waals surface area contributed by atoms with Gasteiger partial charge in [-0.1, -0.05) is 18.2 Å². The Morgan fingerprint density at radius 1 is 1.03 bits per heavy atom. The lowest BCUT2D eigenvalue weighted by molar-refractivity contribution is -0.192. The van der Waals surface area contributed by atoms with Gasteiger partial charge in [0.2, 0.25) is 0 Å². The second-order valence-corrected chi connectivity index (χ2v) is 8.09. The van der Waals surface area contributed by atoms with Crippen molar-refractivity contribution in [3.8, 4) is 11.4 Å². The molecule has 0 aliphatic carbocycles. The monoisotopic (exact) mass is 543 g/mol. The molecule has 39 heavy (non-hydrogen) atoms. The molecule has 4 aromatic rings. The second kappa shape index (κ2) is 12.5. The molecule has 2 heterocycles. The predicted octanol–water partition coefficient (Wildman–Crippen LogP) is 3.97. The minimum absolute atomic E-state index is 0.153. The predicted molar refractivity (Wildman–Crippen MR) is 136 cm³/mol. The summed E-state index contributed by atoms with van der Waals surface area (Å²) >= 11 is 0. The molecule has 2 aromatic carbocycles. The van der Waals surface area contributed by atoms with Gasteiger partial charge in [-0.25, -0.2) is 14.6 Å². The average Bonchev–Trinajstić information content (AvgIpc) is 3.35. The standard InChI is InChI=1S/C24H23N5O3.C2HF3O2/c1-2-29(18-6-4-3-5-7-18)15-21(24(31)32)28-23(30)17-8-9-19-20(14-17)27-22(26-19)16-10-12-25-13-11-16;3-2(4,5)1(6)7/h3-14,21H,2,15H2,1H3,(H,26,27)(H,28,30)(H,31,32);(H,6,7). The summed E-state index contributed by atoms with van der Waals surface area (Å²) in [5.74, 6) is -3.63. The van der Waals surface area contributed by atoms with E-state index in [4.69, 9.17) is 9.90 Å². The summed E-state index contributed by atoms with van der Waals surface area (Å²) < 4.78 is 31.7. The van der Waals surface area contributed by atoms with E-state index in [-0.39, 0.29) is 6.54 Å². The van der Waals surface area contributed by atoms with Crippen LogP contribution in [-0.4, -0.2) is 68.3 Å². The summed E-state index contributed by atoms with van der Waals surface area (Å²) in [5, 5.41) is 19.5. The number of nitrogens with zero attached hydrogens (tertiary/aromatic N) is 3. The zero-order chi connectivity index (χ0) is 28.6. The summed E-state index contributed by atoms with van der Waals surface area (Å²) in [6, 6.07) is 17.2. The molecule has 0 aliphatic rings. The number of nitrogens with one attached hydrogen (secondary N) is 2. The molecule has 1 atom stereocenters. The third-order valence-electron chi connectivity index (χ3n) is 5.45. The van der Waals surface area contributed by atoms with Gasteiger partial charge in [0.25, 0.3) is 5.91 Å². The lowest BCUT2D eigenvalue weighted by Crippen LogP contribution is -2.48. The van der Waals surface area contributed by atoms with Gasteiger partial charge in [-0.2, -0.15) is 13.2 Å². The number of fused-ring (bicyclic) bond motifs is 1. The lowest BCUT2D eigenvalue weighted by Gasteiger charge is -2.27. The Morgan fingerprint density at radius 2 is 1.67 bits per heavy atom. The van der Waals surface area contributed by atoms with Crippen LogP contribution in [0.3, 0.4) is 0 Å². The quantitative estimate of drug-likeness (QED) is 0.261. The number of aromatic amines is 1. The summed E-state index contributed by atoms with van der Waals surface area (Å²) in [6.07, 6.45) is -1.72. The fourth-order valence-corrected chi connectivity index (χ4v) is 3.50. The molecule has 0 bridgehead atoms. The maximum absolute atomic E-state index is 12.9. The van der Waals surface area contributed by atoms with Crippen LogP contribution in [0.2, 0.25) is 0 Å². The third kappa shape index (κ3) is 7.77. The molecule has 0 radical (unpaired) electrons. The number of pyridine rings is 1. The highest BCUT2D eigenvalue weighted by Gasteiger charge is 2.38. The van der Waals surface area contributed by atoms with E-state index in [2.05, 4.69) is 20.3 Å². The highest BCUT2D eigenvalue weighted by Crippen LogP contribution is 2.21.